The van der Waals surface area contributed by atoms with Crippen molar-refractivity contribution in [3.8, 4) is 0 Å². The van der Waals surface area contributed by atoms with Crippen LogP contribution in [-0.4, -0.2) is 38.5 Å². The average molecular weight is 379 g/mol. The van der Waals surface area contributed by atoms with Crippen LogP contribution >= 0.6 is 0 Å². The molecule has 0 radical (unpaired) electrons. The predicted octanol–water partition coefficient (Wildman–Crippen LogP) is 2.93. The Bertz CT molecular complexity index is 812. The Morgan fingerprint density at radius 3 is 2.70 bits per heavy atom. The Balaban J connectivity index is 1.79. The summed E-state index contributed by atoms with van der Waals surface area (Å²) in [7, 11) is 0. The number of rotatable bonds is 5. The summed E-state index contributed by atoms with van der Waals surface area (Å²) in [4.78, 5) is 21.5. The maximum atomic E-state index is 12.9. The molecular weight excluding hydrogens is 359 g/mol. The van der Waals surface area contributed by atoms with E-state index in [9.17, 15) is 23.1 Å². The molecule has 144 valence electrons. The van der Waals surface area contributed by atoms with Gasteiger partial charge >= 0.3 is 6.18 Å². The first kappa shape index (κ1) is 19.3. The van der Waals surface area contributed by atoms with Gasteiger partial charge in [0.2, 0.25) is 5.91 Å². The molecule has 2 aromatic heterocycles. The molecule has 0 saturated carbocycles. The number of aliphatic hydroxyl groups excluding tert-OH is 1. The Labute approximate surface area is 154 Å². The summed E-state index contributed by atoms with van der Waals surface area (Å²) >= 11 is 0. The number of fused-ring (bicyclic) bond motifs is 1. The number of pyridine rings is 2. The Morgan fingerprint density at radius 2 is 2.07 bits per heavy atom. The fourth-order valence-corrected chi connectivity index (χ4v) is 3.38. The molecule has 5 nitrogen and oxygen atoms in total. The number of alkyl halides is 3. The van der Waals surface area contributed by atoms with Gasteiger partial charge in [-0.25, -0.2) is 0 Å². The number of aromatic nitrogens is 2. The van der Waals surface area contributed by atoms with E-state index < -0.39 is 18.0 Å². The highest BCUT2D eigenvalue weighted by atomic mass is 19.4. The number of hydrogen-bond acceptors (Lipinski definition) is 4. The molecule has 0 spiro atoms. The number of nitrogens with zero attached hydrogens (tertiary/aromatic N) is 3. The monoisotopic (exact) mass is 379 g/mol. The lowest BCUT2D eigenvalue weighted by molar-refractivity contribution is -0.141. The molecule has 1 unspecified atom stereocenters. The molecule has 1 aliphatic rings. The molecule has 0 aliphatic heterocycles. The molecule has 1 N–H and O–H groups in total. The summed E-state index contributed by atoms with van der Waals surface area (Å²) in [5, 5.41) is 10.5. The van der Waals surface area contributed by atoms with Crippen molar-refractivity contribution in [3.05, 3.63) is 59.2 Å². The number of carbonyl (C=O) groups excluding carboxylic acids is 1. The number of carbonyl (C=O) groups is 1. The lowest BCUT2D eigenvalue weighted by atomic mass is 10.1. The molecule has 2 aromatic rings. The molecule has 27 heavy (non-hydrogen) atoms. The SMILES string of the molecule is CCC(=O)N(C[C@@H](O)c1cccnc1)C1Cc2cnc(C(F)(F)F)cc2C1. The van der Waals surface area contributed by atoms with Gasteiger partial charge in [0.1, 0.15) is 5.69 Å². The lowest BCUT2D eigenvalue weighted by Crippen LogP contribution is -2.43. The van der Waals surface area contributed by atoms with Crippen LogP contribution < -0.4 is 0 Å². The Kier molecular flexibility index (Phi) is 5.46. The largest absolute Gasteiger partial charge is 0.433 e. The Morgan fingerprint density at radius 1 is 1.33 bits per heavy atom. The number of aliphatic hydroxyl groups is 1. The zero-order valence-electron chi connectivity index (χ0n) is 14.8. The van der Waals surface area contributed by atoms with Crippen LogP contribution in [0, 0.1) is 0 Å². The number of amides is 1. The van der Waals surface area contributed by atoms with Gasteiger partial charge in [-0.1, -0.05) is 13.0 Å². The van der Waals surface area contributed by atoms with Gasteiger partial charge in [-0.2, -0.15) is 13.2 Å². The molecule has 0 aromatic carbocycles. The fourth-order valence-electron chi connectivity index (χ4n) is 3.38. The summed E-state index contributed by atoms with van der Waals surface area (Å²) in [6, 6.07) is 4.17. The van der Waals surface area contributed by atoms with Crippen LogP contribution in [0.1, 0.15) is 41.8 Å². The fraction of sp³-hybridized carbons (Fsp3) is 0.421. The molecule has 1 aliphatic carbocycles. The van der Waals surface area contributed by atoms with E-state index in [4.69, 9.17) is 0 Å². The smallest absolute Gasteiger partial charge is 0.386 e. The van der Waals surface area contributed by atoms with Crippen molar-refractivity contribution in [1.82, 2.24) is 14.9 Å². The average Bonchev–Trinajstić information content (AvgIpc) is 3.08. The molecule has 0 bridgehead atoms. The maximum absolute atomic E-state index is 12.9. The van der Waals surface area contributed by atoms with Gasteiger partial charge in [0.15, 0.2) is 0 Å². The lowest BCUT2D eigenvalue weighted by Gasteiger charge is -2.31. The molecule has 2 atom stereocenters. The van der Waals surface area contributed by atoms with Gasteiger partial charge in [0.05, 0.1) is 12.6 Å². The first-order valence-electron chi connectivity index (χ1n) is 8.72. The zero-order chi connectivity index (χ0) is 19.6. The summed E-state index contributed by atoms with van der Waals surface area (Å²) < 4.78 is 38.7. The molecule has 0 saturated heterocycles. The number of halogens is 3. The Hall–Kier alpha value is -2.48. The second kappa shape index (κ2) is 7.64. The first-order valence-corrected chi connectivity index (χ1v) is 8.72. The van der Waals surface area contributed by atoms with Crippen molar-refractivity contribution in [1.29, 1.82) is 0 Å². The van der Waals surface area contributed by atoms with Crippen molar-refractivity contribution in [2.24, 2.45) is 0 Å². The summed E-state index contributed by atoms with van der Waals surface area (Å²) in [6.07, 6.45) is -0.0716. The van der Waals surface area contributed by atoms with E-state index in [-0.39, 0.29) is 24.9 Å². The summed E-state index contributed by atoms with van der Waals surface area (Å²) in [5.74, 6) is -0.153. The molecule has 2 heterocycles. The quantitative estimate of drug-likeness (QED) is 0.868. The van der Waals surface area contributed by atoms with Crippen molar-refractivity contribution >= 4 is 5.91 Å². The van der Waals surface area contributed by atoms with E-state index in [1.54, 1.807) is 30.2 Å². The molecule has 3 rings (SSSR count). The van der Waals surface area contributed by atoms with Crippen LogP contribution in [0.2, 0.25) is 0 Å². The second-order valence-corrected chi connectivity index (χ2v) is 6.60. The van der Waals surface area contributed by atoms with Crippen LogP contribution in [0.4, 0.5) is 13.2 Å². The normalized spacial score (nSPS) is 17.4. The van der Waals surface area contributed by atoms with Crippen molar-refractivity contribution in [3.63, 3.8) is 0 Å². The van der Waals surface area contributed by atoms with E-state index >= 15 is 0 Å². The summed E-state index contributed by atoms with van der Waals surface area (Å²) in [6.45, 7) is 1.79. The highest BCUT2D eigenvalue weighted by Crippen LogP contribution is 2.33. The molecule has 8 heteroatoms. The van der Waals surface area contributed by atoms with E-state index in [1.165, 1.54) is 12.4 Å². The van der Waals surface area contributed by atoms with E-state index in [2.05, 4.69) is 9.97 Å². The third kappa shape index (κ3) is 4.27. The minimum Gasteiger partial charge on any atom is -0.386 e. The van der Waals surface area contributed by atoms with Crippen molar-refractivity contribution in [2.75, 3.05) is 6.54 Å². The zero-order valence-corrected chi connectivity index (χ0v) is 14.8. The van der Waals surface area contributed by atoms with Crippen LogP contribution in [0.5, 0.6) is 0 Å². The number of hydrogen-bond donors (Lipinski definition) is 1. The molecular formula is C19H20F3N3O2. The van der Waals surface area contributed by atoms with E-state index in [0.717, 1.165) is 6.07 Å². The van der Waals surface area contributed by atoms with Crippen LogP contribution in [0.15, 0.2) is 36.8 Å². The molecule has 0 fully saturated rings. The van der Waals surface area contributed by atoms with Crippen LogP contribution in [0.25, 0.3) is 0 Å². The second-order valence-electron chi connectivity index (χ2n) is 6.60. The first-order chi connectivity index (χ1) is 12.8. The minimum atomic E-state index is -4.50. The van der Waals surface area contributed by atoms with Gasteiger partial charge < -0.3 is 10.0 Å². The highest BCUT2D eigenvalue weighted by molar-refractivity contribution is 5.76. The maximum Gasteiger partial charge on any atom is 0.433 e. The van der Waals surface area contributed by atoms with Crippen molar-refractivity contribution < 1.29 is 23.1 Å². The summed E-state index contributed by atoms with van der Waals surface area (Å²) in [5.41, 5.74) is 0.915. The standard InChI is InChI=1S/C19H20F3N3O2/c1-2-18(27)25(11-16(26)12-4-3-5-23-9-12)15-6-13-8-17(19(20,21)22)24-10-14(13)7-15/h3-5,8-10,15-16,26H,2,6-7,11H2,1H3/t15?,16-/m1/s1. The molecule has 1 amide bonds. The van der Waals surface area contributed by atoms with Crippen LogP contribution in [0.3, 0.4) is 0 Å². The van der Waals surface area contributed by atoms with Gasteiger partial charge in [0, 0.05) is 36.6 Å². The minimum absolute atomic E-state index is 0.0661. The predicted molar refractivity (Wildman–Crippen MR) is 91.6 cm³/mol. The van der Waals surface area contributed by atoms with Crippen LogP contribution in [-0.2, 0) is 23.8 Å². The topological polar surface area (TPSA) is 66.3 Å². The van der Waals surface area contributed by atoms with Crippen molar-refractivity contribution in [2.45, 2.75) is 44.5 Å². The van der Waals surface area contributed by atoms with Gasteiger partial charge in [-0.3, -0.25) is 14.8 Å². The third-order valence-electron chi connectivity index (χ3n) is 4.79. The van der Waals surface area contributed by atoms with Gasteiger partial charge in [-0.05, 0) is 36.1 Å². The third-order valence-corrected chi connectivity index (χ3v) is 4.79. The van der Waals surface area contributed by atoms with Gasteiger partial charge in [-0.15, -0.1) is 0 Å². The highest BCUT2D eigenvalue weighted by Gasteiger charge is 2.36. The van der Waals surface area contributed by atoms with Gasteiger partial charge in [0.25, 0.3) is 0 Å². The van der Waals surface area contributed by atoms with E-state index in [1.807, 2.05) is 0 Å². The van der Waals surface area contributed by atoms with E-state index in [0.29, 0.717) is 29.5 Å².